The first-order valence-electron chi connectivity index (χ1n) is 10.5. The lowest BCUT2D eigenvalue weighted by Gasteiger charge is -2.34. The zero-order valence-corrected chi connectivity index (χ0v) is 16.5. The van der Waals surface area contributed by atoms with Crippen molar-refractivity contribution in [2.75, 3.05) is 0 Å². The number of aryl methyl sites for hydroxylation is 1. The first-order chi connectivity index (χ1) is 14.8. The Hall–Kier alpha value is -3.48. The van der Waals surface area contributed by atoms with Gasteiger partial charge in [0.1, 0.15) is 5.82 Å². The van der Waals surface area contributed by atoms with Crippen molar-refractivity contribution in [3.63, 3.8) is 0 Å². The Morgan fingerprint density at radius 1 is 0.933 bits per heavy atom. The number of benzene rings is 1. The van der Waals surface area contributed by atoms with E-state index < -0.39 is 0 Å². The minimum atomic E-state index is 0.0257. The highest BCUT2D eigenvalue weighted by Gasteiger charge is 2.37. The molecule has 1 aliphatic heterocycles. The van der Waals surface area contributed by atoms with E-state index in [-0.39, 0.29) is 17.8 Å². The van der Waals surface area contributed by atoms with Crippen molar-refractivity contribution >= 4 is 0 Å². The van der Waals surface area contributed by atoms with E-state index in [1.165, 1.54) is 5.56 Å². The van der Waals surface area contributed by atoms with Gasteiger partial charge in [-0.15, -0.1) is 0 Å². The summed E-state index contributed by atoms with van der Waals surface area (Å²) in [5, 5.41) is 9.25. The molecule has 3 aromatic heterocycles. The second-order valence-corrected chi connectivity index (χ2v) is 8.20. The van der Waals surface area contributed by atoms with Crippen LogP contribution in [0.1, 0.15) is 48.8 Å². The molecule has 1 saturated carbocycles. The fourth-order valence-electron chi connectivity index (χ4n) is 4.75. The van der Waals surface area contributed by atoms with Crippen molar-refractivity contribution in [1.82, 2.24) is 29.1 Å². The molecule has 0 bridgehead atoms. The van der Waals surface area contributed by atoms with E-state index in [9.17, 15) is 4.79 Å². The smallest absolute Gasteiger partial charge is 0.271 e. The number of aromatic nitrogens is 6. The molecule has 0 amide bonds. The Morgan fingerprint density at radius 3 is 2.53 bits per heavy atom. The monoisotopic (exact) mass is 398 g/mol. The Morgan fingerprint density at radius 2 is 1.73 bits per heavy atom. The molecule has 30 heavy (non-hydrogen) atoms. The molecule has 1 aliphatic carbocycles. The maximum atomic E-state index is 13.1. The van der Waals surface area contributed by atoms with Crippen LogP contribution in [-0.2, 0) is 6.42 Å². The summed E-state index contributed by atoms with van der Waals surface area (Å²) in [6.45, 7) is 0. The Balaban J connectivity index is 1.20. The average molecular weight is 398 g/mol. The van der Waals surface area contributed by atoms with E-state index in [4.69, 9.17) is 5.10 Å². The molecule has 7 nitrogen and oxygen atoms in total. The summed E-state index contributed by atoms with van der Waals surface area (Å²) in [7, 11) is 0. The van der Waals surface area contributed by atoms with E-state index in [0.29, 0.717) is 6.04 Å². The van der Waals surface area contributed by atoms with Gasteiger partial charge in [-0.25, -0.2) is 9.48 Å². The molecule has 0 N–H and O–H groups in total. The molecule has 150 valence electrons. The van der Waals surface area contributed by atoms with Crippen molar-refractivity contribution in [3.8, 4) is 11.1 Å². The zero-order valence-electron chi connectivity index (χ0n) is 16.5. The molecule has 0 saturated heterocycles. The second-order valence-electron chi connectivity index (χ2n) is 8.20. The zero-order chi connectivity index (χ0) is 20.1. The van der Waals surface area contributed by atoms with Crippen LogP contribution in [0.2, 0.25) is 0 Å². The highest BCUT2D eigenvalue weighted by molar-refractivity contribution is 5.60. The second kappa shape index (κ2) is 6.79. The lowest BCUT2D eigenvalue weighted by Crippen LogP contribution is -2.37. The highest BCUT2D eigenvalue weighted by Crippen LogP contribution is 2.41. The van der Waals surface area contributed by atoms with Crippen molar-refractivity contribution in [2.24, 2.45) is 0 Å². The van der Waals surface area contributed by atoms with Gasteiger partial charge in [0, 0.05) is 30.6 Å². The van der Waals surface area contributed by atoms with Crippen LogP contribution in [-0.4, -0.2) is 29.1 Å². The molecule has 0 unspecified atom stereocenters. The number of nitrogens with zero attached hydrogens (tertiary/aromatic N) is 6. The van der Waals surface area contributed by atoms with Gasteiger partial charge in [0.25, 0.3) is 0 Å². The van der Waals surface area contributed by atoms with Crippen molar-refractivity contribution in [3.05, 3.63) is 89.1 Å². The van der Waals surface area contributed by atoms with Crippen molar-refractivity contribution < 1.29 is 0 Å². The molecule has 2 aliphatic rings. The molecule has 7 heteroatoms. The topological polar surface area (TPSA) is 70.5 Å². The van der Waals surface area contributed by atoms with Crippen LogP contribution >= 0.6 is 0 Å². The van der Waals surface area contributed by atoms with E-state index in [1.807, 2.05) is 45.8 Å². The minimum absolute atomic E-state index is 0.0257. The lowest BCUT2D eigenvalue weighted by atomic mass is 9.87. The largest absolute Gasteiger partial charge is 0.346 e. The normalized spacial score (nSPS) is 22.6. The predicted molar refractivity (Wildman–Crippen MR) is 112 cm³/mol. The van der Waals surface area contributed by atoms with E-state index in [1.54, 1.807) is 17.1 Å². The molecule has 1 atom stereocenters. The summed E-state index contributed by atoms with van der Waals surface area (Å²) in [5.41, 5.74) is 3.41. The quantitative estimate of drug-likeness (QED) is 0.528. The number of rotatable bonds is 4. The molecule has 1 aromatic carbocycles. The van der Waals surface area contributed by atoms with Gasteiger partial charge in [-0.3, -0.25) is 14.2 Å². The average Bonchev–Trinajstić information content (AvgIpc) is 3.47. The van der Waals surface area contributed by atoms with Gasteiger partial charge < -0.3 is 0 Å². The number of hydrogen-bond acceptors (Lipinski definition) is 4. The molecule has 0 spiro atoms. The summed E-state index contributed by atoms with van der Waals surface area (Å²) in [6, 6.07) is 14.8. The summed E-state index contributed by atoms with van der Waals surface area (Å²) in [4.78, 5) is 17.2. The maximum Gasteiger partial charge on any atom is 0.346 e. The van der Waals surface area contributed by atoms with Crippen LogP contribution in [0.5, 0.6) is 0 Å². The first-order valence-corrected chi connectivity index (χ1v) is 10.5. The van der Waals surface area contributed by atoms with E-state index >= 15 is 0 Å². The Labute approximate surface area is 173 Å². The molecule has 1 fully saturated rings. The van der Waals surface area contributed by atoms with Crippen LogP contribution in [0.25, 0.3) is 11.1 Å². The Kier molecular flexibility index (Phi) is 3.94. The molecule has 4 aromatic rings. The fraction of sp³-hybridized carbons (Fsp3) is 0.304. The highest BCUT2D eigenvalue weighted by atomic mass is 16.2. The summed E-state index contributed by atoms with van der Waals surface area (Å²) >= 11 is 0. The van der Waals surface area contributed by atoms with Gasteiger partial charge in [-0.2, -0.15) is 10.2 Å². The lowest BCUT2D eigenvalue weighted by molar-refractivity contribution is 0.170. The molecule has 4 heterocycles. The standard InChI is InChI=1S/C23H22N6O/c30-23-28-21(17-4-2-1-3-5-17)6-7-22(28)26-29(23)20-12-19(13-20)27-15-18(14-25-27)16-8-10-24-11-9-16/h1-5,8-11,14-15,19-21H,6-7,12-13H2/t19?,20?,21-/m0/s1. The van der Waals surface area contributed by atoms with Crippen LogP contribution in [0, 0.1) is 0 Å². The number of hydrogen-bond donors (Lipinski definition) is 0. The van der Waals surface area contributed by atoms with Crippen molar-refractivity contribution in [1.29, 1.82) is 0 Å². The third-order valence-corrected chi connectivity index (χ3v) is 6.46. The molecule has 0 radical (unpaired) electrons. The van der Waals surface area contributed by atoms with Gasteiger partial charge in [0.05, 0.1) is 24.3 Å². The summed E-state index contributed by atoms with van der Waals surface area (Å²) in [5.74, 6) is 0.913. The number of pyridine rings is 1. The van der Waals surface area contributed by atoms with E-state index in [0.717, 1.165) is 42.6 Å². The van der Waals surface area contributed by atoms with Crippen LogP contribution < -0.4 is 5.69 Å². The summed E-state index contributed by atoms with van der Waals surface area (Å²) in [6.07, 6.45) is 11.1. The fourth-order valence-corrected chi connectivity index (χ4v) is 4.75. The summed E-state index contributed by atoms with van der Waals surface area (Å²) < 4.78 is 5.64. The van der Waals surface area contributed by atoms with Crippen LogP contribution in [0.4, 0.5) is 0 Å². The molecular formula is C23H22N6O. The first kappa shape index (κ1) is 17.4. The third-order valence-electron chi connectivity index (χ3n) is 6.46. The minimum Gasteiger partial charge on any atom is -0.271 e. The van der Waals surface area contributed by atoms with Crippen molar-refractivity contribution in [2.45, 2.75) is 43.8 Å². The van der Waals surface area contributed by atoms with Gasteiger partial charge in [0.15, 0.2) is 0 Å². The van der Waals surface area contributed by atoms with Gasteiger partial charge >= 0.3 is 5.69 Å². The predicted octanol–water partition coefficient (Wildman–Crippen LogP) is 3.42. The SMILES string of the molecule is O=c1n(C2CC(n3cc(-c4ccncc4)cn3)C2)nc2n1[C@H](c1ccccc1)CC2. The maximum absolute atomic E-state index is 13.1. The van der Waals surface area contributed by atoms with Crippen LogP contribution in [0.3, 0.4) is 0 Å². The van der Waals surface area contributed by atoms with Crippen LogP contribution in [0.15, 0.2) is 72.0 Å². The third kappa shape index (κ3) is 2.73. The molecule has 6 rings (SSSR count). The Bertz CT molecular complexity index is 1230. The van der Waals surface area contributed by atoms with Gasteiger partial charge in [-0.1, -0.05) is 30.3 Å². The van der Waals surface area contributed by atoms with Gasteiger partial charge in [-0.05, 0) is 42.5 Å². The molecular weight excluding hydrogens is 376 g/mol. The number of fused-ring (bicyclic) bond motifs is 1. The van der Waals surface area contributed by atoms with E-state index in [2.05, 4.69) is 28.4 Å². The van der Waals surface area contributed by atoms with Gasteiger partial charge in [0.2, 0.25) is 0 Å².